The van der Waals surface area contributed by atoms with Crippen molar-refractivity contribution in [2.75, 3.05) is 19.0 Å². The van der Waals surface area contributed by atoms with Gasteiger partial charge in [0, 0.05) is 24.4 Å². The predicted octanol–water partition coefficient (Wildman–Crippen LogP) is 2.79. The number of aromatic nitrogens is 1. The van der Waals surface area contributed by atoms with Crippen LogP contribution in [-0.2, 0) is 6.42 Å². The summed E-state index contributed by atoms with van der Waals surface area (Å²) in [5, 5.41) is 6.13. The molecular weight excluding hydrogens is 220 g/mol. The van der Waals surface area contributed by atoms with E-state index in [1.165, 1.54) is 11.1 Å². The third-order valence-electron chi connectivity index (χ3n) is 2.70. The number of thiazole rings is 1. The van der Waals surface area contributed by atoms with Crippen LogP contribution in [0.4, 0.5) is 5.82 Å². The molecule has 2 aromatic rings. The summed E-state index contributed by atoms with van der Waals surface area (Å²) in [7, 11) is 1.88. The van der Waals surface area contributed by atoms with E-state index >= 15 is 0 Å². The Morgan fingerprint density at radius 3 is 3.19 bits per heavy atom. The van der Waals surface area contributed by atoms with Gasteiger partial charge in [-0.1, -0.05) is 0 Å². The van der Waals surface area contributed by atoms with Crippen LogP contribution in [-0.4, -0.2) is 18.6 Å². The van der Waals surface area contributed by atoms with Gasteiger partial charge in [0.2, 0.25) is 0 Å². The van der Waals surface area contributed by atoms with Gasteiger partial charge in [0.05, 0.1) is 6.61 Å². The van der Waals surface area contributed by atoms with E-state index in [2.05, 4.69) is 22.4 Å². The van der Waals surface area contributed by atoms with E-state index in [0.29, 0.717) is 0 Å². The normalized spacial score (nSPS) is 13.3. The SMILES string of the molecule is CNc1csc(-c2ccc3c(c2)CCO3)n1. The number of ether oxygens (including phenoxy) is 1. The van der Waals surface area contributed by atoms with Gasteiger partial charge in [-0.05, 0) is 23.8 Å². The molecule has 0 bridgehead atoms. The van der Waals surface area contributed by atoms with Crippen LogP contribution in [0.15, 0.2) is 23.6 Å². The standard InChI is InChI=1S/C12H12N2OS/c1-13-11-7-16-12(14-11)9-2-3-10-8(6-9)4-5-15-10/h2-3,6-7,13H,4-5H2,1H3. The minimum atomic E-state index is 0.804. The second kappa shape index (κ2) is 3.79. The fourth-order valence-corrected chi connectivity index (χ4v) is 2.65. The van der Waals surface area contributed by atoms with Crippen LogP contribution in [0.25, 0.3) is 10.6 Å². The fourth-order valence-electron chi connectivity index (χ4n) is 1.84. The van der Waals surface area contributed by atoms with E-state index in [1.807, 2.05) is 18.5 Å². The Bertz CT molecular complexity index is 521. The zero-order chi connectivity index (χ0) is 11.0. The average Bonchev–Trinajstić information content (AvgIpc) is 2.96. The summed E-state index contributed by atoms with van der Waals surface area (Å²) in [6.07, 6.45) is 1.01. The van der Waals surface area contributed by atoms with E-state index in [0.717, 1.165) is 29.6 Å². The Morgan fingerprint density at radius 2 is 2.38 bits per heavy atom. The van der Waals surface area contributed by atoms with E-state index in [-0.39, 0.29) is 0 Å². The lowest BCUT2D eigenvalue weighted by atomic mass is 10.1. The largest absolute Gasteiger partial charge is 0.493 e. The summed E-state index contributed by atoms with van der Waals surface area (Å²) < 4.78 is 5.49. The zero-order valence-electron chi connectivity index (χ0n) is 8.99. The van der Waals surface area contributed by atoms with E-state index in [1.54, 1.807) is 11.3 Å². The Labute approximate surface area is 98.1 Å². The van der Waals surface area contributed by atoms with Gasteiger partial charge in [-0.3, -0.25) is 0 Å². The van der Waals surface area contributed by atoms with Crippen LogP contribution in [0.5, 0.6) is 5.75 Å². The number of fused-ring (bicyclic) bond motifs is 1. The molecule has 1 aliphatic rings. The van der Waals surface area contributed by atoms with Crippen molar-refractivity contribution in [2.45, 2.75) is 6.42 Å². The highest BCUT2D eigenvalue weighted by atomic mass is 32.1. The van der Waals surface area contributed by atoms with Gasteiger partial charge in [0.25, 0.3) is 0 Å². The molecular formula is C12H12N2OS. The number of anilines is 1. The summed E-state index contributed by atoms with van der Waals surface area (Å²) >= 11 is 1.66. The van der Waals surface area contributed by atoms with Gasteiger partial charge in [-0.2, -0.15) is 0 Å². The van der Waals surface area contributed by atoms with Gasteiger partial charge < -0.3 is 10.1 Å². The lowest BCUT2D eigenvalue weighted by molar-refractivity contribution is 0.357. The average molecular weight is 232 g/mol. The van der Waals surface area contributed by atoms with Crippen LogP contribution in [0.1, 0.15) is 5.56 Å². The molecule has 4 heteroatoms. The molecule has 16 heavy (non-hydrogen) atoms. The summed E-state index contributed by atoms with van der Waals surface area (Å²) in [5.41, 5.74) is 2.47. The van der Waals surface area contributed by atoms with Crippen LogP contribution in [0, 0.1) is 0 Å². The second-order valence-corrected chi connectivity index (χ2v) is 4.57. The second-order valence-electron chi connectivity index (χ2n) is 3.71. The molecule has 2 heterocycles. The van der Waals surface area contributed by atoms with Crippen molar-refractivity contribution in [3.05, 3.63) is 29.1 Å². The number of nitrogens with one attached hydrogen (secondary N) is 1. The molecule has 82 valence electrons. The monoisotopic (exact) mass is 232 g/mol. The van der Waals surface area contributed by atoms with Gasteiger partial charge in [-0.25, -0.2) is 4.98 Å². The van der Waals surface area contributed by atoms with Crippen molar-refractivity contribution in [1.29, 1.82) is 0 Å². The van der Waals surface area contributed by atoms with Crippen LogP contribution < -0.4 is 10.1 Å². The van der Waals surface area contributed by atoms with Gasteiger partial charge in [-0.15, -0.1) is 11.3 Å². The molecule has 3 rings (SSSR count). The fraction of sp³-hybridized carbons (Fsp3) is 0.250. The molecule has 0 atom stereocenters. The van der Waals surface area contributed by atoms with E-state index in [4.69, 9.17) is 4.74 Å². The van der Waals surface area contributed by atoms with Gasteiger partial charge >= 0.3 is 0 Å². The molecule has 3 nitrogen and oxygen atoms in total. The molecule has 1 aromatic carbocycles. The number of rotatable bonds is 2. The maximum absolute atomic E-state index is 5.49. The van der Waals surface area contributed by atoms with Crippen LogP contribution in [0.2, 0.25) is 0 Å². The van der Waals surface area contributed by atoms with E-state index in [9.17, 15) is 0 Å². The molecule has 0 fully saturated rings. The van der Waals surface area contributed by atoms with Crippen molar-refractivity contribution >= 4 is 17.2 Å². The van der Waals surface area contributed by atoms with E-state index < -0.39 is 0 Å². The molecule has 0 spiro atoms. The molecule has 0 saturated heterocycles. The molecule has 1 aliphatic heterocycles. The highest BCUT2D eigenvalue weighted by Crippen LogP contribution is 2.32. The number of nitrogens with zero attached hydrogens (tertiary/aromatic N) is 1. The minimum Gasteiger partial charge on any atom is -0.493 e. The van der Waals surface area contributed by atoms with Crippen molar-refractivity contribution < 1.29 is 4.74 Å². The summed E-state index contributed by atoms with van der Waals surface area (Å²) in [6.45, 7) is 0.804. The zero-order valence-corrected chi connectivity index (χ0v) is 9.80. The molecule has 0 saturated carbocycles. The van der Waals surface area contributed by atoms with Gasteiger partial charge in [0.15, 0.2) is 0 Å². The minimum absolute atomic E-state index is 0.804. The Kier molecular flexibility index (Phi) is 2.29. The summed E-state index contributed by atoms with van der Waals surface area (Å²) in [4.78, 5) is 4.49. The van der Waals surface area contributed by atoms with Crippen molar-refractivity contribution in [1.82, 2.24) is 4.98 Å². The lowest BCUT2D eigenvalue weighted by Crippen LogP contribution is -1.87. The molecule has 1 N–H and O–H groups in total. The Hall–Kier alpha value is -1.55. The number of hydrogen-bond donors (Lipinski definition) is 1. The Morgan fingerprint density at radius 1 is 1.44 bits per heavy atom. The van der Waals surface area contributed by atoms with Crippen LogP contribution >= 0.6 is 11.3 Å². The molecule has 0 radical (unpaired) electrons. The molecule has 1 aromatic heterocycles. The third kappa shape index (κ3) is 1.55. The maximum Gasteiger partial charge on any atom is 0.137 e. The lowest BCUT2D eigenvalue weighted by Gasteiger charge is -2.00. The first-order valence-corrected chi connectivity index (χ1v) is 6.14. The smallest absolute Gasteiger partial charge is 0.137 e. The van der Waals surface area contributed by atoms with Crippen molar-refractivity contribution in [3.8, 4) is 16.3 Å². The first-order valence-electron chi connectivity index (χ1n) is 5.26. The number of hydrogen-bond acceptors (Lipinski definition) is 4. The number of benzene rings is 1. The van der Waals surface area contributed by atoms with Crippen molar-refractivity contribution in [3.63, 3.8) is 0 Å². The quantitative estimate of drug-likeness (QED) is 0.864. The predicted molar refractivity (Wildman–Crippen MR) is 66.3 cm³/mol. The first kappa shape index (κ1) is 9.66. The first-order chi connectivity index (χ1) is 7.86. The molecule has 0 amide bonds. The third-order valence-corrected chi connectivity index (χ3v) is 3.59. The maximum atomic E-state index is 5.49. The highest BCUT2D eigenvalue weighted by Gasteiger charge is 2.13. The van der Waals surface area contributed by atoms with Crippen molar-refractivity contribution in [2.24, 2.45) is 0 Å². The highest BCUT2D eigenvalue weighted by molar-refractivity contribution is 7.13. The summed E-state index contributed by atoms with van der Waals surface area (Å²) in [6, 6.07) is 6.29. The Balaban J connectivity index is 2.00. The van der Waals surface area contributed by atoms with Crippen LogP contribution in [0.3, 0.4) is 0 Å². The molecule has 0 unspecified atom stereocenters. The molecule has 0 aliphatic carbocycles. The topological polar surface area (TPSA) is 34.1 Å². The summed E-state index contributed by atoms with van der Waals surface area (Å²) in [5.74, 6) is 1.95. The van der Waals surface area contributed by atoms with Gasteiger partial charge in [0.1, 0.15) is 16.6 Å².